The van der Waals surface area contributed by atoms with Gasteiger partial charge in [0.05, 0.1) is 11.8 Å². The highest BCUT2D eigenvalue weighted by Gasteiger charge is 2.47. The van der Waals surface area contributed by atoms with Crippen LogP contribution in [0.25, 0.3) is 17.1 Å². The summed E-state index contributed by atoms with van der Waals surface area (Å²) in [5.41, 5.74) is 1.22. The standard InChI is InChI=1S/C28H32F3N5O8/c1-6-41-22-21(39-4)15(2)42-25(23(22)40-5)43-27(38)33-18-9-7-17(8-10-18)24-34-26(32-16(3)37)36(35-24)19-11-13-20(14-12-19)44-28(29,30)31/h7-15,21-23,25H,6H2,1-5H3,(H,33,38)(H,32,34,35,37)/t15-,21+,22+,23+,25+/m1/s1. The molecule has 13 nitrogen and oxygen atoms in total. The first-order valence-corrected chi connectivity index (χ1v) is 13.4. The van der Waals surface area contributed by atoms with Gasteiger partial charge in [-0.3, -0.25) is 15.4 Å². The summed E-state index contributed by atoms with van der Waals surface area (Å²) in [5, 5.41) is 9.57. The minimum Gasteiger partial charge on any atom is -0.416 e. The number of rotatable bonds is 10. The van der Waals surface area contributed by atoms with Crippen molar-refractivity contribution < 1.29 is 51.2 Å². The second-order valence-electron chi connectivity index (χ2n) is 9.53. The number of halogens is 3. The molecule has 1 aromatic heterocycles. The molecule has 1 aliphatic heterocycles. The lowest BCUT2D eigenvalue weighted by atomic mass is 9.99. The Bertz CT molecular complexity index is 1420. The quantitative estimate of drug-likeness (QED) is 0.331. The molecule has 5 atom stereocenters. The van der Waals surface area contributed by atoms with Crippen LogP contribution in [0.15, 0.2) is 48.5 Å². The highest BCUT2D eigenvalue weighted by molar-refractivity contribution is 5.87. The minimum atomic E-state index is -4.84. The third kappa shape index (κ3) is 8.02. The molecule has 3 aromatic rings. The Morgan fingerprint density at radius 2 is 1.64 bits per heavy atom. The number of hydrogen-bond acceptors (Lipinski definition) is 10. The van der Waals surface area contributed by atoms with Gasteiger partial charge < -0.3 is 28.4 Å². The van der Waals surface area contributed by atoms with Gasteiger partial charge >= 0.3 is 12.5 Å². The fourth-order valence-corrected chi connectivity index (χ4v) is 4.62. The Labute approximate surface area is 250 Å². The smallest absolute Gasteiger partial charge is 0.416 e. The molecule has 0 spiro atoms. The number of aromatic nitrogens is 3. The first-order valence-electron chi connectivity index (χ1n) is 13.4. The summed E-state index contributed by atoms with van der Waals surface area (Å²) in [6.45, 7) is 5.29. The lowest BCUT2D eigenvalue weighted by molar-refractivity contribution is -0.292. The molecule has 2 heterocycles. The van der Waals surface area contributed by atoms with Crippen molar-refractivity contribution in [3.8, 4) is 22.8 Å². The number of benzene rings is 2. The van der Waals surface area contributed by atoms with Gasteiger partial charge in [0.1, 0.15) is 24.1 Å². The Morgan fingerprint density at radius 1 is 0.977 bits per heavy atom. The zero-order chi connectivity index (χ0) is 32.0. The number of nitrogens with one attached hydrogen (secondary N) is 2. The van der Waals surface area contributed by atoms with Crippen LogP contribution < -0.4 is 15.4 Å². The van der Waals surface area contributed by atoms with Crippen molar-refractivity contribution in [2.24, 2.45) is 0 Å². The van der Waals surface area contributed by atoms with E-state index in [9.17, 15) is 22.8 Å². The molecule has 0 radical (unpaired) electrons. The molecule has 1 fully saturated rings. The molecule has 4 rings (SSSR count). The highest BCUT2D eigenvalue weighted by Crippen LogP contribution is 2.29. The maximum atomic E-state index is 12.7. The van der Waals surface area contributed by atoms with Crippen LogP contribution in [0, 0.1) is 0 Å². The molecule has 0 aliphatic carbocycles. The molecule has 1 aliphatic rings. The SMILES string of the molecule is CCO[C@@H]1[C@H](OC)[C@H](OC(=O)Nc2ccc(-c3nc(NC(C)=O)n(-c4ccc(OC(F)(F)F)cc4)n3)cc2)O[C@H](C)[C@@H]1OC. The first-order chi connectivity index (χ1) is 20.9. The number of carbonyl (C=O) groups is 2. The van der Waals surface area contributed by atoms with E-state index >= 15 is 0 Å². The van der Waals surface area contributed by atoms with E-state index in [-0.39, 0.29) is 11.8 Å². The van der Waals surface area contributed by atoms with Gasteiger partial charge in [-0.1, -0.05) is 0 Å². The van der Waals surface area contributed by atoms with Gasteiger partial charge in [-0.2, -0.15) is 9.67 Å². The molecule has 16 heteroatoms. The summed E-state index contributed by atoms with van der Waals surface area (Å²) in [4.78, 5) is 28.9. The van der Waals surface area contributed by atoms with E-state index in [4.69, 9.17) is 23.7 Å². The van der Waals surface area contributed by atoms with E-state index in [0.29, 0.717) is 23.5 Å². The summed E-state index contributed by atoms with van der Waals surface area (Å²) in [7, 11) is 3.00. The van der Waals surface area contributed by atoms with Gasteiger partial charge in [-0.05, 0) is 62.4 Å². The van der Waals surface area contributed by atoms with Crippen LogP contribution in [-0.2, 0) is 28.5 Å². The van der Waals surface area contributed by atoms with Gasteiger partial charge in [0, 0.05) is 39.0 Å². The largest absolute Gasteiger partial charge is 0.573 e. The maximum absolute atomic E-state index is 12.7. The van der Waals surface area contributed by atoms with Crippen LogP contribution >= 0.6 is 0 Å². The molecular formula is C28H32F3N5O8. The van der Waals surface area contributed by atoms with Crippen LogP contribution in [0.5, 0.6) is 5.75 Å². The van der Waals surface area contributed by atoms with Crippen LogP contribution in [0.4, 0.5) is 29.6 Å². The van der Waals surface area contributed by atoms with Crippen LogP contribution in [0.2, 0.25) is 0 Å². The third-order valence-electron chi connectivity index (χ3n) is 6.45. The molecule has 44 heavy (non-hydrogen) atoms. The fourth-order valence-electron chi connectivity index (χ4n) is 4.62. The molecule has 2 amide bonds. The number of hydrogen-bond donors (Lipinski definition) is 2. The topological polar surface area (TPSA) is 144 Å². The van der Waals surface area contributed by atoms with Crippen molar-refractivity contribution in [3.63, 3.8) is 0 Å². The Kier molecular flexibility index (Phi) is 10.4. The molecule has 0 bridgehead atoms. The number of methoxy groups -OCH3 is 2. The van der Waals surface area contributed by atoms with Gasteiger partial charge in [0.25, 0.3) is 0 Å². The molecule has 238 valence electrons. The van der Waals surface area contributed by atoms with Crippen molar-refractivity contribution in [2.75, 3.05) is 31.5 Å². The molecule has 0 unspecified atom stereocenters. The van der Waals surface area contributed by atoms with Crippen LogP contribution in [-0.4, -0.2) is 84.7 Å². The average Bonchev–Trinajstić information content (AvgIpc) is 3.36. The number of alkyl halides is 3. The number of nitrogens with zero attached hydrogens (tertiary/aromatic N) is 3. The zero-order valence-corrected chi connectivity index (χ0v) is 24.5. The lowest BCUT2D eigenvalue weighted by Gasteiger charge is -2.43. The number of anilines is 2. The van der Waals surface area contributed by atoms with Crippen molar-refractivity contribution in [1.29, 1.82) is 0 Å². The first kappa shape index (κ1) is 32.7. The fraction of sp³-hybridized carbons (Fsp3) is 0.429. The van der Waals surface area contributed by atoms with Gasteiger partial charge in [0.2, 0.25) is 18.1 Å². The van der Waals surface area contributed by atoms with Crippen molar-refractivity contribution in [1.82, 2.24) is 14.8 Å². The number of carbonyl (C=O) groups excluding carboxylic acids is 2. The molecular weight excluding hydrogens is 591 g/mol. The van der Waals surface area contributed by atoms with Gasteiger partial charge in [-0.15, -0.1) is 18.3 Å². The van der Waals surface area contributed by atoms with E-state index in [1.807, 2.05) is 6.92 Å². The Hall–Kier alpha value is -4.25. The summed E-state index contributed by atoms with van der Waals surface area (Å²) >= 11 is 0. The van der Waals surface area contributed by atoms with E-state index in [1.54, 1.807) is 31.2 Å². The van der Waals surface area contributed by atoms with Crippen LogP contribution in [0.3, 0.4) is 0 Å². The summed E-state index contributed by atoms with van der Waals surface area (Å²) in [5.74, 6) is -0.614. The molecule has 2 N–H and O–H groups in total. The third-order valence-corrected chi connectivity index (χ3v) is 6.45. The Morgan fingerprint density at radius 3 is 2.20 bits per heavy atom. The Balaban J connectivity index is 1.47. The molecule has 0 saturated carbocycles. The second kappa shape index (κ2) is 14.0. The number of ether oxygens (including phenoxy) is 6. The van der Waals surface area contributed by atoms with Crippen LogP contribution in [0.1, 0.15) is 20.8 Å². The van der Waals surface area contributed by atoms with E-state index < -0.39 is 54.8 Å². The second-order valence-corrected chi connectivity index (χ2v) is 9.53. The van der Waals surface area contributed by atoms with Gasteiger partial charge in [0.15, 0.2) is 5.82 Å². The highest BCUT2D eigenvalue weighted by atomic mass is 19.4. The average molecular weight is 624 g/mol. The minimum absolute atomic E-state index is 0.0400. The zero-order valence-electron chi connectivity index (χ0n) is 24.5. The van der Waals surface area contributed by atoms with Crippen molar-refractivity contribution in [3.05, 3.63) is 48.5 Å². The lowest BCUT2D eigenvalue weighted by Crippen LogP contribution is -2.60. The summed E-state index contributed by atoms with van der Waals surface area (Å²) in [6.07, 6.45) is -8.84. The van der Waals surface area contributed by atoms with E-state index in [1.165, 1.54) is 38.0 Å². The molecule has 1 saturated heterocycles. The number of amides is 2. The molecule has 2 aromatic carbocycles. The van der Waals surface area contributed by atoms with Crippen molar-refractivity contribution in [2.45, 2.75) is 57.8 Å². The summed E-state index contributed by atoms with van der Waals surface area (Å²) in [6, 6.07) is 11.3. The monoisotopic (exact) mass is 623 g/mol. The normalized spacial score (nSPS) is 21.9. The predicted octanol–water partition coefficient (Wildman–Crippen LogP) is 4.52. The van der Waals surface area contributed by atoms with Gasteiger partial charge in [-0.25, -0.2) is 4.79 Å². The van der Waals surface area contributed by atoms with Crippen molar-refractivity contribution >= 4 is 23.6 Å². The predicted molar refractivity (Wildman–Crippen MR) is 149 cm³/mol. The van der Waals surface area contributed by atoms with E-state index in [2.05, 4.69) is 25.5 Å². The van der Waals surface area contributed by atoms with E-state index in [0.717, 1.165) is 12.1 Å². The maximum Gasteiger partial charge on any atom is 0.573 e. The summed E-state index contributed by atoms with van der Waals surface area (Å²) < 4.78 is 71.0.